The first-order chi connectivity index (χ1) is 16.0. The van der Waals surface area contributed by atoms with Crippen molar-refractivity contribution in [2.24, 2.45) is 11.8 Å². The van der Waals surface area contributed by atoms with Crippen LogP contribution in [0.1, 0.15) is 49.7 Å². The zero-order valence-electron chi connectivity index (χ0n) is 18.8. The molecule has 2 aliphatic rings. The van der Waals surface area contributed by atoms with Crippen LogP contribution in [-0.2, 0) is 14.3 Å². The number of rotatable bonds is 10. The highest BCUT2D eigenvalue weighted by molar-refractivity contribution is 5.85. The number of ether oxygens (including phenoxy) is 1. The Balaban J connectivity index is 1.34. The Bertz CT molecular complexity index is 987. The van der Waals surface area contributed by atoms with Crippen LogP contribution in [-0.4, -0.2) is 42.3 Å². The number of carbonyl (C=O) groups is 3. The number of alkyl carbamates (subject to hydrolysis) is 1. The van der Waals surface area contributed by atoms with Gasteiger partial charge < -0.3 is 20.5 Å². The maximum atomic E-state index is 12.7. The molecule has 0 saturated heterocycles. The number of hydrogen-bond donors (Lipinski definition) is 3. The Kier molecular flexibility index (Phi) is 6.96. The lowest BCUT2D eigenvalue weighted by Crippen LogP contribution is -2.46. The van der Waals surface area contributed by atoms with Gasteiger partial charge in [0.2, 0.25) is 5.91 Å². The molecule has 2 unspecified atom stereocenters. The summed E-state index contributed by atoms with van der Waals surface area (Å²) in [7, 11) is 0. The molecular formula is C26H30N2O5. The van der Waals surface area contributed by atoms with Crippen LogP contribution in [0.4, 0.5) is 4.79 Å². The first-order valence-electron chi connectivity index (χ1n) is 11.6. The number of carboxylic acids is 1. The summed E-state index contributed by atoms with van der Waals surface area (Å²) < 4.78 is 5.56. The van der Waals surface area contributed by atoms with E-state index in [1.807, 2.05) is 24.3 Å². The first kappa shape index (κ1) is 22.8. The average Bonchev–Trinajstić information content (AvgIpc) is 3.59. The van der Waals surface area contributed by atoms with Crippen LogP contribution >= 0.6 is 0 Å². The molecule has 0 aliphatic heterocycles. The summed E-state index contributed by atoms with van der Waals surface area (Å²) in [4.78, 5) is 36.4. The van der Waals surface area contributed by atoms with Gasteiger partial charge in [-0.2, -0.15) is 0 Å². The predicted molar refractivity (Wildman–Crippen MR) is 124 cm³/mol. The maximum absolute atomic E-state index is 12.7. The van der Waals surface area contributed by atoms with Gasteiger partial charge in [-0.15, -0.1) is 0 Å². The highest BCUT2D eigenvalue weighted by Gasteiger charge is 2.32. The summed E-state index contributed by atoms with van der Waals surface area (Å²) in [6.45, 7) is 2.04. The molecule has 0 radical (unpaired) electrons. The molecule has 1 fully saturated rings. The fourth-order valence-corrected chi connectivity index (χ4v) is 4.52. The van der Waals surface area contributed by atoms with E-state index in [-0.39, 0.29) is 25.0 Å². The van der Waals surface area contributed by atoms with E-state index in [1.54, 1.807) is 6.92 Å². The third kappa shape index (κ3) is 5.35. The van der Waals surface area contributed by atoms with Gasteiger partial charge in [-0.05, 0) is 41.0 Å². The van der Waals surface area contributed by atoms with Crippen LogP contribution in [0.3, 0.4) is 0 Å². The van der Waals surface area contributed by atoms with Crippen molar-refractivity contribution in [2.75, 3.05) is 13.2 Å². The van der Waals surface area contributed by atoms with E-state index in [0.717, 1.165) is 35.1 Å². The molecule has 33 heavy (non-hydrogen) atoms. The second-order valence-electron chi connectivity index (χ2n) is 8.89. The number of benzene rings is 2. The molecule has 7 heteroatoms. The minimum Gasteiger partial charge on any atom is -0.480 e. The van der Waals surface area contributed by atoms with Crippen molar-refractivity contribution >= 4 is 18.0 Å². The highest BCUT2D eigenvalue weighted by Crippen LogP contribution is 2.44. The van der Waals surface area contributed by atoms with Gasteiger partial charge in [-0.1, -0.05) is 68.3 Å². The normalized spacial score (nSPS) is 16.3. The van der Waals surface area contributed by atoms with Crippen molar-refractivity contribution in [1.29, 1.82) is 0 Å². The third-order valence-corrected chi connectivity index (χ3v) is 6.54. The standard InChI is InChI=1S/C26H30N2O5/c1-2-23(25(30)31)28-24(29)17(13-16-11-12-16)14-27-26(32)33-15-22-20-9-5-3-7-18(20)19-8-4-6-10-21(19)22/h3-10,16-17,22-23H,2,11-15H2,1H3,(H,27,32)(H,28,29)(H,30,31). The zero-order valence-corrected chi connectivity index (χ0v) is 18.8. The van der Waals surface area contributed by atoms with E-state index in [4.69, 9.17) is 4.74 Å². The number of aliphatic carboxylic acids is 1. The van der Waals surface area contributed by atoms with Crippen LogP contribution in [0, 0.1) is 11.8 Å². The van der Waals surface area contributed by atoms with E-state index in [2.05, 4.69) is 34.9 Å². The van der Waals surface area contributed by atoms with Crippen LogP contribution in [0.15, 0.2) is 48.5 Å². The van der Waals surface area contributed by atoms with Crippen molar-refractivity contribution in [1.82, 2.24) is 10.6 Å². The van der Waals surface area contributed by atoms with Gasteiger partial charge in [0.15, 0.2) is 0 Å². The van der Waals surface area contributed by atoms with Crippen molar-refractivity contribution in [3.63, 3.8) is 0 Å². The van der Waals surface area contributed by atoms with Crippen molar-refractivity contribution in [3.8, 4) is 11.1 Å². The molecule has 2 aromatic carbocycles. The number of hydrogen-bond acceptors (Lipinski definition) is 4. The van der Waals surface area contributed by atoms with Crippen molar-refractivity contribution in [3.05, 3.63) is 59.7 Å². The lowest BCUT2D eigenvalue weighted by molar-refractivity contribution is -0.142. The van der Waals surface area contributed by atoms with Gasteiger partial charge in [0.25, 0.3) is 0 Å². The minimum absolute atomic E-state index is 0.0328. The number of nitrogens with one attached hydrogen (secondary N) is 2. The molecule has 4 rings (SSSR count). The fraction of sp³-hybridized carbons (Fsp3) is 0.423. The van der Waals surface area contributed by atoms with Gasteiger partial charge in [0, 0.05) is 12.5 Å². The van der Waals surface area contributed by atoms with Gasteiger partial charge in [0.1, 0.15) is 12.6 Å². The fourth-order valence-electron chi connectivity index (χ4n) is 4.52. The number of carbonyl (C=O) groups excluding carboxylic acids is 2. The first-order valence-corrected chi connectivity index (χ1v) is 11.6. The summed E-state index contributed by atoms with van der Waals surface area (Å²) >= 11 is 0. The van der Waals surface area contributed by atoms with Crippen LogP contribution in [0.25, 0.3) is 11.1 Å². The molecule has 7 nitrogen and oxygen atoms in total. The molecule has 0 aromatic heterocycles. The topological polar surface area (TPSA) is 105 Å². The van der Waals surface area contributed by atoms with Crippen LogP contribution in [0.5, 0.6) is 0 Å². The molecule has 3 N–H and O–H groups in total. The smallest absolute Gasteiger partial charge is 0.407 e. The second kappa shape index (κ2) is 10.1. The second-order valence-corrected chi connectivity index (χ2v) is 8.89. The third-order valence-electron chi connectivity index (χ3n) is 6.54. The maximum Gasteiger partial charge on any atom is 0.407 e. The van der Waals surface area contributed by atoms with Crippen molar-refractivity contribution in [2.45, 2.75) is 44.6 Å². The quantitative estimate of drug-likeness (QED) is 0.509. The Morgan fingerprint density at radius 3 is 2.18 bits per heavy atom. The molecule has 2 atom stereocenters. The van der Waals surface area contributed by atoms with Gasteiger partial charge in [-0.25, -0.2) is 9.59 Å². The van der Waals surface area contributed by atoms with E-state index < -0.39 is 24.0 Å². The summed E-state index contributed by atoms with van der Waals surface area (Å²) in [5.74, 6) is -1.45. The van der Waals surface area contributed by atoms with Gasteiger partial charge in [0.05, 0.1) is 5.92 Å². The van der Waals surface area contributed by atoms with Crippen LogP contribution in [0.2, 0.25) is 0 Å². The Labute approximate surface area is 193 Å². The largest absolute Gasteiger partial charge is 0.480 e. The predicted octanol–water partition coefficient (Wildman–Crippen LogP) is 3.92. The van der Waals surface area contributed by atoms with Crippen molar-refractivity contribution < 1.29 is 24.2 Å². The van der Waals surface area contributed by atoms with Gasteiger partial charge in [-0.3, -0.25) is 4.79 Å². The summed E-state index contributed by atoms with van der Waals surface area (Å²) in [6, 6.07) is 15.3. The van der Waals surface area contributed by atoms with E-state index >= 15 is 0 Å². The highest BCUT2D eigenvalue weighted by atomic mass is 16.5. The average molecular weight is 451 g/mol. The monoisotopic (exact) mass is 450 g/mol. The zero-order chi connectivity index (χ0) is 23.4. The number of fused-ring (bicyclic) bond motifs is 3. The summed E-state index contributed by atoms with van der Waals surface area (Å²) in [5.41, 5.74) is 4.59. The lowest BCUT2D eigenvalue weighted by atomic mass is 9.98. The molecule has 2 amide bonds. The molecule has 0 spiro atoms. The molecule has 0 bridgehead atoms. The number of carboxylic acid groups (broad SMARTS) is 1. The van der Waals surface area contributed by atoms with E-state index in [1.165, 1.54) is 0 Å². The molecular weight excluding hydrogens is 420 g/mol. The lowest BCUT2D eigenvalue weighted by Gasteiger charge is -2.20. The molecule has 174 valence electrons. The SMILES string of the molecule is CCC(NC(=O)C(CNC(=O)OCC1c2ccccc2-c2ccccc21)CC1CC1)C(=O)O. The van der Waals surface area contributed by atoms with Gasteiger partial charge >= 0.3 is 12.1 Å². The van der Waals surface area contributed by atoms with Crippen LogP contribution < -0.4 is 10.6 Å². The molecule has 0 heterocycles. The summed E-state index contributed by atoms with van der Waals surface area (Å²) in [5, 5.41) is 14.5. The number of amides is 2. The Morgan fingerprint density at radius 1 is 1.03 bits per heavy atom. The molecule has 1 saturated carbocycles. The minimum atomic E-state index is -1.06. The van der Waals surface area contributed by atoms with E-state index in [9.17, 15) is 19.5 Å². The molecule has 2 aliphatic carbocycles. The summed E-state index contributed by atoms with van der Waals surface area (Å²) in [6.07, 6.45) is 2.48. The van der Waals surface area contributed by atoms with E-state index in [0.29, 0.717) is 18.8 Å². The Morgan fingerprint density at radius 2 is 1.64 bits per heavy atom. The molecule has 2 aromatic rings. The Hall–Kier alpha value is -3.35.